The maximum atomic E-state index is 12.7. The van der Waals surface area contributed by atoms with E-state index in [1.54, 1.807) is 45.6 Å². The molecule has 2 atom stereocenters. The van der Waals surface area contributed by atoms with Gasteiger partial charge >= 0.3 is 0 Å². The van der Waals surface area contributed by atoms with E-state index < -0.39 is 0 Å². The third-order valence-corrected chi connectivity index (χ3v) is 4.95. The van der Waals surface area contributed by atoms with Crippen molar-refractivity contribution in [2.45, 2.75) is 26.4 Å². The molecule has 2 aromatic rings. The van der Waals surface area contributed by atoms with E-state index in [4.69, 9.17) is 14.2 Å². The molecule has 2 rings (SSSR count). The van der Waals surface area contributed by atoms with Crippen molar-refractivity contribution in [3.05, 3.63) is 47.5 Å². The molecule has 0 aliphatic carbocycles. The molecule has 0 fully saturated rings. The molecule has 0 saturated carbocycles. The van der Waals surface area contributed by atoms with E-state index in [2.05, 4.69) is 5.32 Å². The van der Waals surface area contributed by atoms with Crippen molar-refractivity contribution in [3.8, 4) is 17.2 Å². The SMILES string of the molecule is COc1ccc(C[NH+](C)[C@H](C)C(=O)Nc2ccc(C(C)=O)cc2)c(OC)c1OC. The van der Waals surface area contributed by atoms with Gasteiger partial charge in [0, 0.05) is 11.3 Å². The number of methoxy groups -OCH3 is 3. The number of benzene rings is 2. The summed E-state index contributed by atoms with van der Waals surface area (Å²) in [4.78, 5) is 25.0. The van der Waals surface area contributed by atoms with Gasteiger partial charge in [-0.3, -0.25) is 9.59 Å². The van der Waals surface area contributed by atoms with Gasteiger partial charge in [-0.25, -0.2) is 0 Å². The average Bonchev–Trinajstić information content (AvgIpc) is 2.72. The van der Waals surface area contributed by atoms with Crippen molar-refractivity contribution in [2.75, 3.05) is 33.7 Å². The lowest BCUT2D eigenvalue weighted by Gasteiger charge is -2.23. The number of rotatable bonds is 9. The van der Waals surface area contributed by atoms with E-state index in [0.29, 0.717) is 35.0 Å². The molecule has 0 radical (unpaired) electrons. The summed E-state index contributed by atoms with van der Waals surface area (Å²) in [7, 11) is 6.66. The second-order valence-corrected chi connectivity index (χ2v) is 6.86. The lowest BCUT2D eigenvalue weighted by molar-refractivity contribution is -0.907. The summed E-state index contributed by atoms with van der Waals surface area (Å²) in [6, 6.07) is 10.3. The third kappa shape index (κ3) is 5.26. The predicted molar refractivity (Wildman–Crippen MR) is 111 cm³/mol. The summed E-state index contributed by atoms with van der Waals surface area (Å²) in [5, 5.41) is 2.90. The van der Waals surface area contributed by atoms with E-state index >= 15 is 0 Å². The summed E-state index contributed by atoms with van der Waals surface area (Å²) in [6.07, 6.45) is 0. The molecule has 0 saturated heterocycles. The van der Waals surface area contributed by atoms with Gasteiger partial charge in [-0.2, -0.15) is 0 Å². The first-order chi connectivity index (χ1) is 13.8. The Balaban J connectivity index is 2.10. The molecule has 2 aromatic carbocycles. The Morgan fingerprint density at radius 3 is 2.10 bits per heavy atom. The molecule has 1 amide bonds. The van der Waals surface area contributed by atoms with Crippen LogP contribution in [0.25, 0.3) is 0 Å². The van der Waals surface area contributed by atoms with E-state index in [1.165, 1.54) is 6.92 Å². The number of anilines is 1. The molecule has 0 aliphatic heterocycles. The molecule has 7 heteroatoms. The van der Waals surface area contributed by atoms with Crippen LogP contribution in [0.2, 0.25) is 0 Å². The Labute approximate surface area is 171 Å². The van der Waals surface area contributed by atoms with Crippen LogP contribution in [0.15, 0.2) is 36.4 Å². The maximum Gasteiger partial charge on any atom is 0.282 e. The summed E-state index contributed by atoms with van der Waals surface area (Å²) >= 11 is 0. The first kappa shape index (κ1) is 22.2. The Kier molecular flexibility index (Phi) is 7.61. The fourth-order valence-electron chi connectivity index (χ4n) is 3.02. The Hall–Kier alpha value is -3.06. The first-order valence-electron chi connectivity index (χ1n) is 9.34. The van der Waals surface area contributed by atoms with Crippen molar-refractivity contribution in [1.29, 1.82) is 0 Å². The van der Waals surface area contributed by atoms with Crippen LogP contribution in [0.3, 0.4) is 0 Å². The van der Waals surface area contributed by atoms with Gasteiger partial charge in [0.1, 0.15) is 6.54 Å². The second-order valence-electron chi connectivity index (χ2n) is 6.86. The minimum absolute atomic E-state index is 0.00992. The molecule has 0 aromatic heterocycles. The summed E-state index contributed by atoms with van der Waals surface area (Å²) in [5.74, 6) is 1.59. The number of ketones is 1. The number of likely N-dealkylation sites (N-methyl/N-ethyl adjacent to an activating group) is 1. The Morgan fingerprint density at radius 1 is 0.966 bits per heavy atom. The highest BCUT2D eigenvalue weighted by atomic mass is 16.5. The molecule has 1 unspecified atom stereocenters. The van der Waals surface area contributed by atoms with Gasteiger partial charge in [0.25, 0.3) is 5.91 Å². The van der Waals surface area contributed by atoms with E-state index in [9.17, 15) is 9.59 Å². The molecule has 0 spiro atoms. The standard InChI is InChI=1S/C22H28N2O5/c1-14(22(26)23-18-10-7-16(8-11-18)15(2)25)24(3)13-17-9-12-19(27-4)21(29-6)20(17)28-5/h7-12,14H,13H2,1-6H3,(H,23,26)/p+1/t14-/m1/s1. The number of carbonyl (C=O) groups excluding carboxylic acids is 2. The van der Waals surface area contributed by atoms with Crippen LogP contribution >= 0.6 is 0 Å². The molecule has 7 nitrogen and oxygen atoms in total. The number of carbonyl (C=O) groups is 2. The van der Waals surface area contributed by atoms with Crippen molar-refractivity contribution in [3.63, 3.8) is 0 Å². The quantitative estimate of drug-likeness (QED) is 0.628. The van der Waals surface area contributed by atoms with Crippen LogP contribution in [0.4, 0.5) is 5.69 Å². The van der Waals surface area contributed by atoms with Gasteiger partial charge in [-0.05, 0) is 50.2 Å². The summed E-state index contributed by atoms with van der Waals surface area (Å²) < 4.78 is 16.3. The van der Waals surface area contributed by atoms with E-state index in [0.717, 1.165) is 10.5 Å². The third-order valence-electron chi connectivity index (χ3n) is 4.95. The highest BCUT2D eigenvalue weighted by molar-refractivity contribution is 5.96. The predicted octanol–water partition coefficient (Wildman–Crippen LogP) is 1.96. The van der Waals surface area contributed by atoms with E-state index in [-0.39, 0.29) is 17.7 Å². The lowest BCUT2D eigenvalue weighted by atomic mass is 10.1. The first-order valence-corrected chi connectivity index (χ1v) is 9.34. The molecular formula is C22H29N2O5+. The Bertz CT molecular complexity index is 864. The van der Waals surface area contributed by atoms with Crippen LogP contribution in [0.1, 0.15) is 29.8 Å². The minimum atomic E-state index is -0.319. The van der Waals surface area contributed by atoms with E-state index in [1.807, 2.05) is 26.1 Å². The second kappa shape index (κ2) is 9.93. The smallest absolute Gasteiger partial charge is 0.282 e. The molecule has 29 heavy (non-hydrogen) atoms. The number of Topliss-reactive ketones (excluding diaryl/α,β-unsaturated/α-hetero) is 1. The molecule has 0 aliphatic rings. The van der Waals surface area contributed by atoms with Crippen molar-refractivity contribution >= 4 is 17.4 Å². The van der Waals surface area contributed by atoms with Crippen molar-refractivity contribution in [1.82, 2.24) is 0 Å². The zero-order valence-electron chi connectivity index (χ0n) is 17.8. The van der Waals surface area contributed by atoms with Crippen LogP contribution in [-0.2, 0) is 11.3 Å². The van der Waals surface area contributed by atoms with Crippen LogP contribution in [0.5, 0.6) is 17.2 Å². The number of ether oxygens (including phenoxy) is 3. The van der Waals surface area contributed by atoms with Gasteiger partial charge in [-0.1, -0.05) is 0 Å². The van der Waals surface area contributed by atoms with Gasteiger partial charge in [0.15, 0.2) is 23.3 Å². The van der Waals surface area contributed by atoms with Crippen LogP contribution < -0.4 is 24.4 Å². The zero-order chi connectivity index (χ0) is 21.6. The van der Waals surface area contributed by atoms with Crippen molar-refractivity contribution in [2.24, 2.45) is 0 Å². The molecular weight excluding hydrogens is 372 g/mol. The molecule has 0 bridgehead atoms. The number of hydrogen-bond acceptors (Lipinski definition) is 5. The molecule has 0 heterocycles. The normalized spacial score (nSPS) is 12.6. The molecule has 156 valence electrons. The topological polar surface area (TPSA) is 78.3 Å². The number of quaternary nitrogens is 1. The zero-order valence-corrected chi connectivity index (χ0v) is 17.8. The Morgan fingerprint density at radius 2 is 1.59 bits per heavy atom. The van der Waals surface area contributed by atoms with Gasteiger partial charge in [0.05, 0.1) is 33.9 Å². The highest BCUT2D eigenvalue weighted by Crippen LogP contribution is 2.39. The summed E-state index contributed by atoms with van der Waals surface area (Å²) in [6.45, 7) is 3.93. The van der Waals surface area contributed by atoms with Crippen LogP contribution in [-0.4, -0.2) is 46.1 Å². The molecule has 2 N–H and O–H groups in total. The number of hydrogen-bond donors (Lipinski definition) is 2. The largest absolute Gasteiger partial charge is 0.493 e. The van der Waals surface area contributed by atoms with Gasteiger partial charge in [-0.15, -0.1) is 0 Å². The minimum Gasteiger partial charge on any atom is -0.493 e. The van der Waals surface area contributed by atoms with Crippen LogP contribution in [0, 0.1) is 0 Å². The van der Waals surface area contributed by atoms with Crippen molar-refractivity contribution < 1.29 is 28.7 Å². The fourth-order valence-corrected chi connectivity index (χ4v) is 3.02. The number of amides is 1. The van der Waals surface area contributed by atoms with Gasteiger partial charge < -0.3 is 24.4 Å². The fraction of sp³-hybridized carbons (Fsp3) is 0.364. The summed E-state index contributed by atoms with van der Waals surface area (Å²) in [5.41, 5.74) is 2.18. The average molecular weight is 401 g/mol. The van der Waals surface area contributed by atoms with Gasteiger partial charge in [0.2, 0.25) is 5.75 Å². The highest BCUT2D eigenvalue weighted by Gasteiger charge is 2.25. The monoisotopic (exact) mass is 401 g/mol. The lowest BCUT2D eigenvalue weighted by Crippen LogP contribution is -3.12. The maximum absolute atomic E-state index is 12.7. The number of nitrogens with one attached hydrogen (secondary N) is 2.